The Labute approximate surface area is 136 Å². The molecule has 0 aliphatic carbocycles. The molecule has 23 heavy (non-hydrogen) atoms. The molecule has 0 unspecified atom stereocenters. The van der Waals surface area contributed by atoms with Crippen LogP contribution in [0.15, 0.2) is 36.4 Å². The van der Waals surface area contributed by atoms with Crippen LogP contribution >= 0.6 is 11.6 Å². The van der Waals surface area contributed by atoms with Gasteiger partial charge in [-0.25, -0.2) is 17.2 Å². The maximum Gasteiger partial charge on any atom is 0.257 e. The molecular formula is C14H11ClF2N2O3S. The van der Waals surface area contributed by atoms with Gasteiger partial charge in [0.15, 0.2) is 11.6 Å². The number of sulfonamides is 1. The van der Waals surface area contributed by atoms with Crippen molar-refractivity contribution < 1.29 is 22.0 Å². The van der Waals surface area contributed by atoms with Crippen LogP contribution < -0.4 is 10.0 Å². The lowest BCUT2D eigenvalue weighted by molar-refractivity contribution is 0.102. The summed E-state index contributed by atoms with van der Waals surface area (Å²) < 4.78 is 50.6. The van der Waals surface area contributed by atoms with E-state index in [-0.39, 0.29) is 10.6 Å². The van der Waals surface area contributed by atoms with Gasteiger partial charge in [-0.2, -0.15) is 0 Å². The van der Waals surface area contributed by atoms with Gasteiger partial charge in [0.05, 0.1) is 16.8 Å². The van der Waals surface area contributed by atoms with Crippen LogP contribution in [0.3, 0.4) is 0 Å². The average Bonchev–Trinajstić information content (AvgIpc) is 2.43. The first kappa shape index (κ1) is 17.2. The van der Waals surface area contributed by atoms with E-state index in [1.807, 2.05) is 0 Å². The molecule has 0 atom stereocenters. The van der Waals surface area contributed by atoms with Gasteiger partial charge in [-0.3, -0.25) is 9.52 Å². The molecule has 0 aliphatic rings. The predicted molar refractivity (Wildman–Crippen MR) is 84.2 cm³/mol. The monoisotopic (exact) mass is 360 g/mol. The number of benzene rings is 2. The zero-order valence-electron chi connectivity index (χ0n) is 11.7. The maximum absolute atomic E-state index is 13.2. The second kappa shape index (κ2) is 6.51. The number of halogens is 3. The molecule has 2 aromatic carbocycles. The molecule has 0 saturated heterocycles. The van der Waals surface area contributed by atoms with E-state index in [0.717, 1.165) is 6.26 Å². The topological polar surface area (TPSA) is 75.3 Å². The third-order valence-corrected chi connectivity index (χ3v) is 3.62. The SMILES string of the molecule is CS(=O)(=O)Nc1ccc(NC(=O)c2cc(F)c(F)cc2Cl)cc1. The van der Waals surface area contributed by atoms with E-state index in [1.54, 1.807) is 0 Å². The van der Waals surface area contributed by atoms with Crippen molar-refractivity contribution in [3.05, 3.63) is 58.6 Å². The first-order valence-corrected chi connectivity index (χ1v) is 8.46. The molecule has 0 aromatic heterocycles. The summed E-state index contributed by atoms with van der Waals surface area (Å²) in [5, 5.41) is 2.22. The fraction of sp³-hybridized carbons (Fsp3) is 0.0714. The van der Waals surface area contributed by atoms with Crippen molar-refractivity contribution in [3.8, 4) is 0 Å². The maximum atomic E-state index is 13.2. The zero-order valence-corrected chi connectivity index (χ0v) is 13.3. The molecule has 122 valence electrons. The fourth-order valence-corrected chi connectivity index (χ4v) is 2.53. The van der Waals surface area contributed by atoms with Crippen LogP contribution in [0.1, 0.15) is 10.4 Å². The summed E-state index contributed by atoms with van der Waals surface area (Å²) in [5.74, 6) is -3.06. The largest absolute Gasteiger partial charge is 0.322 e. The third-order valence-electron chi connectivity index (χ3n) is 2.70. The average molecular weight is 361 g/mol. The summed E-state index contributed by atoms with van der Waals surface area (Å²) >= 11 is 5.72. The number of anilines is 2. The minimum atomic E-state index is -3.40. The lowest BCUT2D eigenvalue weighted by Crippen LogP contribution is -2.13. The highest BCUT2D eigenvalue weighted by molar-refractivity contribution is 7.92. The molecule has 0 saturated carbocycles. The molecular weight excluding hydrogens is 350 g/mol. The second-order valence-corrected chi connectivity index (χ2v) is 6.81. The van der Waals surface area contributed by atoms with Gasteiger partial charge in [0, 0.05) is 11.4 Å². The second-order valence-electron chi connectivity index (χ2n) is 4.65. The van der Waals surface area contributed by atoms with E-state index in [9.17, 15) is 22.0 Å². The Morgan fingerprint density at radius 2 is 1.57 bits per heavy atom. The number of nitrogens with one attached hydrogen (secondary N) is 2. The molecule has 0 heterocycles. The van der Waals surface area contributed by atoms with Crippen LogP contribution in [0.25, 0.3) is 0 Å². The highest BCUT2D eigenvalue weighted by Gasteiger charge is 2.15. The first-order valence-electron chi connectivity index (χ1n) is 6.19. The Balaban J connectivity index is 2.16. The van der Waals surface area contributed by atoms with E-state index in [2.05, 4.69) is 10.0 Å². The molecule has 5 nitrogen and oxygen atoms in total. The van der Waals surface area contributed by atoms with Crippen molar-refractivity contribution in [2.45, 2.75) is 0 Å². The molecule has 2 N–H and O–H groups in total. The van der Waals surface area contributed by atoms with Gasteiger partial charge < -0.3 is 5.32 Å². The van der Waals surface area contributed by atoms with Crippen molar-refractivity contribution in [1.82, 2.24) is 0 Å². The van der Waals surface area contributed by atoms with Crippen LogP contribution in [-0.4, -0.2) is 20.6 Å². The van der Waals surface area contributed by atoms with E-state index >= 15 is 0 Å². The molecule has 2 aromatic rings. The number of hydrogen-bond donors (Lipinski definition) is 2. The van der Waals surface area contributed by atoms with Gasteiger partial charge >= 0.3 is 0 Å². The van der Waals surface area contributed by atoms with Crippen molar-refractivity contribution in [1.29, 1.82) is 0 Å². The molecule has 9 heteroatoms. The van der Waals surface area contributed by atoms with E-state index in [0.29, 0.717) is 23.5 Å². The van der Waals surface area contributed by atoms with Crippen LogP contribution in [0.5, 0.6) is 0 Å². The molecule has 2 rings (SSSR count). The Morgan fingerprint density at radius 1 is 1.04 bits per heavy atom. The van der Waals surface area contributed by atoms with Gasteiger partial charge in [0.1, 0.15) is 0 Å². The molecule has 0 radical (unpaired) electrons. The molecule has 0 bridgehead atoms. The summed E-state index contributed by atoms with van der Waals surface area (Å²) in [4.78, 5) is 12.0. The van der Waals surface area contributed by atoms with Crippen molar-refractivity contribution in [3.63, 3.8) is 0 Å². The fourth-order valence-electron chi connectivity index (χ4n) is 1.73. The molecule has 0 aliphatic heterocycles. The third kappa shape index (κ3) is 4.64. The summed E-state index contributed by atoms with van der Waals surface area (Å²) in [6, 6.07) is 7.17. The Morgan fingerprint density at radius 3 is 2.13 bits per heavy atom. The van der Waals surface area contributed by atoms with E-state index in [4.69, 9.17) is 11.6 Å². The van der Waals surface area contributed by atoms with Gasteiger partial charge in [-0.05, 0) is 36.4 Å². The minimum Gasteiger partial charge on any atom is -0.322 e. The summed E-state index contributed by atoms with van der Waals surface area (Å²) in [5.41, 5.74) is 0.426. The predicted octanol–water partition coefficient (Wildman–Crippen LogP) is 3.24. The van der Waals surface area contributed by atoms with Gasteiger partial charge in [-0.1, -0.05) is 11.6 Å². The summed E-state index contributed by atoms with van der Waals surface area (Å²) in [6.45, 7) is 0. The number of carbonyl (C=O) groups excluding carboxylic acids is 1. The first-order chi connectivity index (χ1) is 10.7. The van der Waals surface area contributed by atoms with Gasteiger partial charge in [0.25, 0.3) is 5.91 Å². The Hall–Kier alpha value is -2.19. The number of amides is 1. The van der Waals surface area contributed by atoms with E-state index in [1.165, 1.54) is 24.3 Å². The van der Waals surface area contributed by atoms with Crippen molar-refractivity contribution in [2.75, 3.05) is 16.3 Å². The lowest BCUT2D eigenvalue weighted by Gasteiger charge is -2.09. The normalized spacial score (nSPS) is 11.1. The Bertz CT molecular complexity index is 855. The highest BCUT2D eigenvalue weighted by Crippen LogP contribution is 2.22. The summed E-state index contributed by atoms with van der Waals surface area (Å²) in [7, 11) is -3.40. The zero-order chi connectivity index (χ0) is 17.2. The van der Waals surface area contributed by atoms with Crippen molar-refractivity contribution >= 4 is 38.9 Å². The molecule has 0 spiro atoms. The lowest BCUT2D eigenvalue weighted by atomic mass is 10.2. The van der Waals surface area contributed by atoms with Crippen LogP contribution in [0.2, 0.25) is 5.02 Å². The summed E-state index contributed by atoms with van der Waals surface area (Å²) in [6.07, 6.45) is 1.01. The number of hydrogen-bond acceptors (Lipinski definition) is 3. The number of rotatable bonds is 4. The van der Waals surface area contributed by atoms with Crippen molar-refractivity contribution in [2.24, 2.45) is 0 Å². The van der Waals surface area contributed by atoms with Crippen LogP contribution in [-0.2, 0) is 10.0 Å². The highest BCUT2D eigenvalue weighted by atomic mass is 35.5. The van der Waals surface area contributed by atoms with Crippen LogP contribution in [0.4, 0.5) is 20.2 Å². The van der Waals surface area contributed by atoms with Gasteiger partial charge in [-0.15, -0.1) is 0 Å². The molecule has 0 fully saturated rings. The molecule has 1 amide bonds. The smallest absolute Gasteiger partial charge is 0.257 e. The van der Waals surface area contributed by atoms with Gasteiger partial charge in [0.2, 0.25) is 10.0 Å². The van der Waals surface area contributed by atoms with Crippen LogP contribution in [0, 0.1) is 11.6 Å². The quantitative estimate of drug-likeness (QED) is 0.822. The minimum absolute atomic E-state index is 0.219. The van der Waals surface area contributed by atoms with E-state index < -0.39 is 27.6 Å². The number of carbonyl (C=O) groups is 1. The Kier molecular flexibility index (Phi) is 4.86. The standard InChI is InChI=1S/C14H11ClF2N2O3S/c1-23(21,22)19-9-4-2-8(3-5-9)18-14(20)10-6-12(16)13(17)7-11(10)15/h2-7,19H,1H3,(H,18,20).